The maximum absolute atomic E-state index is 13.9. The van der Waals surface area contributed by atoms with E-state index in [1.165, 1.54) is 6.07 Å². The molecule has 0 bridgehead atoms. The van der Waals surface area contributed by atoms with Crippen LogP contribution in [0, 0.1) is 17.1 Å². The molecule has 0 saturated carbocycles. The van der Waals surface area contributed by atoms with E-state index in [2.05, 4.69) is 0 Å². The maximum atomic E-state index is 13.9. The third-order valence-electron chi connectivity index (χ3n) is 3.73. The Labute approximate surface area is 122 Å². The lowest BCUT2D eigenvalue weighted by Gasteiger charge is -2.28. The van der Waals surface area contributed by atoms with E-state index in [9.17, 15) is 9.18 Å². The minimum atomic E-state index is -0.444. The first kappa shape index (κ1) is 13.3. The molecular formula is C17H13FN2O. The zero-order chi connectivity index (χ0) is 14.8. The number of nitriles is 1. The van der Waals surface area contributed by atoms with E-state index in [-0.39, 0.29) is 18.0 Å². The van der Waals surface area contributed by atoms with Crippen molar-refractivity contribution in [3.8, 4) is 6.07 Å². The first-order chi connectivity index (χ1) is 10.2. The van der Waals surface area contributed by atoms with Gasteiger partial charge >= 0.3 is 0 Å². The third kappa shape index (κ3) is 2.50. The number of nitrogens with zero attached hydrogens (tertiary/aromatic N) is 2. The topological polar surface area (TPSA) is 44.1 Å². The molecule has 0 atom stereocenters. The molecule has 2 aromatic rings. The Kier molecular flexibility index (Phi) is 3.41. The standard InChI is InChI=1S/C17H13FN2O/c18-16-9-12(10-19)5-6-14(16)11-20-8-7-13-3-1-2-4-15(13)17(20)21/h1-6,9H,7-8,11H2. The van der Waals surface area contributed by atoms with Crippen molar-refractivity contribution in [2.75, 3.05) is 6.54 Å². The van der Waals surface area contributed by atoms with Crippen LogP contribution < -0.4 is 0 Å². The van der Waals surface area contributed by atoms with Gasteiger partial charge in [0.1, 0.15) is 5.82 Å². The van der Waals surface area contributed by atoms with Gasteiger partial charge in [0, 0.05) is 24.2 Å². The maximum Gasteiger partial charge on any atom is 0.254 e. The van der Waals surface area contributed by atoms with Crippen molar-refractivity contribution >= 4 is 5.91 Å². The van der Waals surface area contributed by atoms with E-state index < -0.39 is 5.82 Å². The van der Waals surface area contributed by atoms with Crippen LogP contribution in [-0.4, -0.2) is 17.4 Å². The lowest BCUT2D eigenvalue weighted by molar-refractivity contribution is 0.0725. The van der Waals surface area contributed by atoms with Gasteiger partial charge in [-0.25, -0.2) is 4.39 Å². The van der Waals surface area contributed by atoms with Crippen molar-refractivity contribution in [1.82, 2.24) is 4.90 Å². The van der Waals surface area contributed by atoms with Crippen LogP contribution in [0.2, 0.25) is 0 Å². The first-order valence-corrected chi connectivity index (χ1v) is 6.75. The Morgan fingerprint density at radius 3 is 2.81 bits per heavy atom. The van der Waals surface area contributed by atoms with E-state index in [4.69, 9.17) is 5.26 Å². The van der Waals surface area contributed by atoms with Crippen molar-refractivity contribution in [2.45, 2.75) is 13.0 Å². The van der Waals surface area contributed by atoms with Crippen LogP contribution in [0.4, 0.5) is 4.39 Å². The summed E-state index contributed by atoms with van der Waals surface area (Å²) in [5.41, 5.74) is 2.45. The fraction of sp³-hybridized carbons (Fsp3) is 0.176. The molecule has 1 aliphatic rings. The van der Waals surface area contributed by atoms with Crippen LogP contribution in [0.1, 0.15) is 27.0 Å². The Morgan fingerprint density at radius 1 is 1.24 bits per heavy atom. The summed E-state index contributed by atoms with van der Waals surface area (Å²) in [4.78, 5) is 14.1. The van der Waals surface area contributed by atoms with Crippen LogP contribution in [0.25, 0.3) is 0 Å². The number of halogens is 1. The molecule has 0 saturated heterocycles. The van der Waals surface area contributed by atoms with Crippen LogP contribution in [0.3, 0.4) is 0 Å². The summed E-state index contributed by atoms with van der Waals surface area (Å²) in [6, 6.07) is 13.8. The molecular weight excluding hydrogens is 267 g/mol. The molecule has 1 aliphatic heterocycles. The first-order valence-electron chi connectivity index (χ1n) is 6.75. The van der Waals surface area contributed by atoms with Gasteiger partial charge in [-0.3, -0.25) is 4.79 Å². The highest BCUT2D eigenvalue weighted by molar-refractivity contribution is 5.96. The molecule has 0 aromatic heterocycles. The largest absolute Gasteiger partial charge is 0.334 e. The molecule has 0 unspecified atom stereocenters. The number of amides is 1. The second-order valence-corrected chi connectivity index (χ2v) is 5.05. The van der Waals surface area contributed by atoms with Crippen molar-refractivity contribution in [3.05, 3.63) is 70.5 Å². The fourth-order valence-electron chi connectivity index (χ4n) is 2.58. The molecule has 3 rings (SSSR count). The zero-order valence-electron chi connectivity index (χ0n) is 11.3. The number of hydrogen-bond acceptors (Lipinski definition) is 2. The number of carbonyl (C=O) groups is 1. The van der Waals surface area contributed by atoms with Gasteiger partial charge in [-0.1, -0.05) is 24.3 Å². The highest BCUT2D eigenvalue weighted by Crippen LogP contribution is 2.21. The van der Waals surface area contributed by atoms with Gasteiger partial charge in [-0.05, 0) is 30.2 Å². The SMILES string of the molecule is N#Cc1ccc(CN2CCc3ccccc3C2=O)c(F)c1. The minimum absolute atomic E-state index is 0.0689. The van der Waals surface area contributed by atoms with Crippen molar-refractivity contribution in [2.24, 2.45) is 0 Å². The lowest BCUT2D eigenvalue weighted by Crippen LogP contribution is -2.37. The van der Waals surface area contributed by atoms with Crippen molar-refractivity contribution in [3.63, 3.8) is 0 Å². The average Bonchev–Trinajstić information content (AvgIpc) is 2.52. The molecule has 0 fully saturated rings. The number of rotatable bonds is 2. The lowest BCUT2D eigenvalue weighted by atomic mass is 9.98. The number of hydrogen-bond donors (Lipinski definition) is 0. The number of carbonyl (C=O) groups excluding carboxylic acids is 1. The fourth-order valence-corrected chi connectivity index (χ4v) is 2.58. The van der Waals surface area contributed by atoms with Gasteiger partial charge in [0.25, 0.3) is 5.91 Å². The molecule has 2 aromatic carbocycles. The van der Waals surface area contributed by atoms with Crippen molar-refractivity contribution < 1.29 is 9.18 Å². The molecule has 21 heavy (non-hydrogen) atoms. The van der Waals surface area contributed by atoms with Gasteiger partial charge in [-0.15, -0.1) is 0 Å². The smallest absolute Gasteiger partial charge is 0.254 e. The van der Waals surface area contributed by atoms with E-state index in [0.29, 0.717) is 17.7 Å². The second kappa shape index (κ2) is 5.37. The van der Waals surface area contributed by atoms with Crippen LogP contribution >= 0.6 is 0 Å². The van der Waals surface area contributed by atoms with E-state index >= 15 is 0 Å². The second-order valence-electron chi connectivity index (χ2n) is 5.05. The normalized spacial score (nSPS) is 13.7. The molecule has 1 heterocycles. The zero-order valence-corrected chi connectivity index (χ0v) is 11.3. The van der Waals surface area contributed by atoms with Gasteiger partial charge < -0.3 is 4.90 Å². The van der Waals surface area contributed by atoms with E-state index in [0.717, 1.165) is 12.0 Å². The summed E-state index contributed by atoms with van der Waals surface area (Å²) >= 11 is 0. The van der Waals surface area contributed by atoms with Gasteiger partial charge in [0.15, 0.2) is 0 Å². The Bertz CT molecular complexity index is 749. The van der Waals surface area contributed by atoms with Crippen molar-refractivity contribution in [1.29, 1.82) is 5.26 Å². The Morgan fingerprint density at radius 2 is 2.05 bits per heavy atom. The number of fused-ring (bicyclic) bond motifs is 1. The molecule has 104 valence electrons. The van der Waals surface area contributed by atoms with E-state index in [1.807, 2.05) is 24.3 Å². The molecule has 1 amide bonds. The quantitative estimate of drug-likeness (QED) is 0.849. The monoisotopic (exact) mass is 280 g/mol. The highest BCUT2D eigenvalue weighted by Gasteiger charge is 2.24. The van der Waals surface area contributed by atoms with Crippen LogP contribution in [-0.2, 0) is 13.0 Å². The summed E-state index contributed by atoms with van der Waals surface area (Å²) in [5.74, 6) is -0.513. The summed E-state index contributed by atoms with van der Waals surface area (Å²) < 4.78 is 13.9. The highest BCUT2D eigenvalue weighted by atomic mass is 19.1. The molecule has 0 aliphatic carbocycles. The summed E-state index contributed by atoms with van der Waals surface area (Å²) in [7, 11) is 0. The Hall–Kier alpha value is -2.67. The Balaban J connectivity index is 1.84. The summed E-state index contributed by atoms with van der Waals surface area (Å²) in [6.07, 6.45) is 0.778. The third-order valence-corrected chi connectivity index (χ3v) is 3.73. The number of benzene rings is 2. The molecule has 0 radical (unpaired) electrons. The molecule has 4 heteroatoms. The van der Waals surface area contributed by atoms with Crippen LogP contribution in [0.15, 0.2) is 42.5 Å². The predicted octanol–water partition coefficient (Wildman–Crippen LogP) is 2.90. The van der Waals surface area contributed by atoms with Gasteiger partial charge in [0.2, 0.25) is 0 Å². The average molecular weight is 280 g/mol. The van der Waals surface area contributed by atoms with Gasteiger partial charge in [-0.2, -0.15) is 5.26 Å². The summed E-state index contributed by atoms with van der Waals surface area (Å²) in [5, 5.41) is 8.74. The predicted molar refractivity (Wildman–Crippen MR) is 76.0 cm³/mol. The summed E-state index contributed by atoms with van der Waals surface area (Å²) in [6.45, 7) is 0.806. The van der Waals surface area contributed by atoms with E-state index in [1.54, 1.807) is 23.1 Å². The minimum Gasteiger partial charge on any atom is -0.334 e. The molecule has 3 nitrogen and oxygen atoms in total. The molecule has 0 spiro atoms. The van der Waals surface area contributed by atoms with Gasteiger partial charge in [0.05, 0.1) is 11.6 Å². The van der Waals surface area contributed by atoms with Crippen LogP contribution in [0.5, 0.6) is 0 Å². The molecule has 0 N–H and O–H groups in total.